The maximum absolute atomic E-state index is 12.0. The minimum atomic E-state index is -0.212. The fourth-order valence-corrected chi connectivity index (χ4v) is 2.61. The Kier molecular flexibility index (Phi) is 3.13. The van der Waals surface area contributed by atoms with Gasteiger partial charge >= 0.3 is 0 Å². The molecule has 0 fully saturated rings. The Bertz CT molecular complexity index is 526. The summed E-state index contributed by atoms with van der Waals surface area (Å²) in [5.74, 6) is -0.0744. The fourth-order valence-electron chi connectivity index (χ4n) is 2.61. The Morgan fingerprint density at radius 1 is 1.44 bits per heavy atom. The molecule has 94 valence electrons. The largest absolute Gasteiger partial charge is 0.332 e. The van der Waals surface area contributed by atoms with Gasteiger partial charge in [0.25, 0.3) is 0 Å². The Balaban J connectivity index is 2.35. The fraction of sp³-hybridized carbons (Fsp3) is 0.467. The summed E-state index contributed by atoms with van der Waals surface area (Å²) in [7, 11) is 0. The lowest BCUT2D eigenvalue weighted by Gasteiger charge is -2.43. The van der Waals surface area contributed by atoms with Crippen LogP contribution in [0.5, 0.6) is 0 Å². The number of nitriles is 1. The zero-order valence-corrected chi connectivity index (χ0v) is 11.2. The zero-order valence-electron chi connectivity index (χ0n) is 11.2. The zero-order chi connectivity index (χ0) is 13.3. The molecule has 1 heterocycles. The highest BCUT2D eigenvalue weighted by Gasteiger charge is 2.35. The summed E-state index contributed by atoms with van der Waals surface area (Å²) in [6.07, 6.45) is 0.810. The van der Waals surface area contributed by atoms with E-state index in [1.807, 2.05) is 11.0 Å². The number of hydrogen-bond acceptors (Lipinski definition) is 2. The Morgan fingerprint density at radius 2 is 2.17 bits per heavy atom. The topological polar surface area (TPSA) is 44.1 Å². The molecule has 0 N–H and O–H groups in total. The van der Waals surface area contributed by atoms with Gasteiger partial charge in [-0.25, -0.2) is 0 Å². The molecule has 0 saturated carbocycles. The predicted molar refractivity (Wildman–Crippen MR) is 69.7 cm³/mol. The lowest BCUT2D eigenvalue weighted by Crippen LogP contribution is -2.51. The van der Waals surface area contributed by atoms with E-state index in [0.29, 0.717) is 6.54 Å². The van der Waals surface area contributed by atoms with E-state index in [4.69, 9.17) is 5.26 Å². The standard InChI is InChI=1S/C15H18N2O/c1-11-4-5-12-9-15(2,3)17(10-13(12)8-11)14(18)6-7-16/h4-5,8H,6,9-10H2,1-3H3. The monoisotopic (exact) mass is 242 g/mol. The summed E-state index contributed by atoms with van der Waals surface area (Å²) in [4.78, 5) is 13.8. The van der Waals surface area contributed by atoms with E-state index in [1.54, 1.807) is 0 Å². The van der Waals surface area contributed by atoms with Crippen LogP contribution < -0.4 is 0 Å². The van der Waals surface area contributed by atoms with Crippen LogP contribution in [0.4, 0.5) is 0 Å². The summed E-state index contributed by atoms with van der Waals surface area (Å²) in [6, 6.07) is 8.35. The molecule has 0 aromatic heterocycles. The average Bonchev–Trinajstić information content (AvgIpc) is 2.28. The lowest BCUT2D eigenvalue weighted by atomic mass is 9.84. The van der Waals surface area contributed by atoms with Crippen LogP contribution in [0.25, 0.3) is 0 Å². The lowest BCUT2D eigenvalue weighted by molar-refractivity contribution is -0.136. The van der Waals surface area contributed by atoms with Gasteiger partial charge in [0.15, 0.2) is 0 Å². The van der Waals surface area contributed by atoms with E-state index in [0.717, 1.165) is 6.42 Å². The SMILES string of the molecule is Cc1ccc2c(c1)CN(C(=O)CC#N)C(C)(C)C2. The number of nitrogens with zero attached hydrogens (tertiary/aromatic N) is 2. The van der Waals surface area contributed by atoms with Crippen molar-refractivity contribution in [3.05, 3.63) is 34.9 Å². The van der Waals surface area contributed by atoms with Crippen LogP contribution >= 0.6 is 0 Å². The van der Waals surface area contributed by atoms with Gasteiger partial charge in [-0.3, -0.25) is 4.79 Å². The molecule has 0 saturated heterocycles. The second-order valence-corrected chi connectivity index (χ2v) is 5.58. The molecule has 3 heteroatoms. The first-order valence-corrected chi connectivity index (χ1v) is 6.20. The number of fused-ring (bicyclic) bond motifs is 1. The summed E-state index contributed by atoms with van der Waals surface area (Å²) in [5, 5.41) is 8.68. The maximum Gasteiger partial charge on any atom is 0.237 e. The van der Waals surface area contributed by atoms with Crippen molar-refractivity contribution < 1.29 is 4.79 Å². The average molecular weight is 242 g/mol. The van der Waals surface area contributed by atoms with Gasteiger partial charge in [-0.2, -0.15) is 5.26 Å². The molecule has 18 heavy (non-hydrogen) atoms. The van der Waals surface area contributed by atoms with Crippen LogP contribution in [0.15, 0.2) is 18.2 Å². The first-order valence-electron chi connectivity index (χ1n) is 6.20. The van der Waals surface area contributed by atoms with Gasteiger partial charge < -0.3 is 4.90 Å². The van der Waals surface area contributed by atoms with Crippen molar-refractivity contribution in [2.24, 2.45) is 0 Å². The molecule has 1 aliphatic rings. The van der Waals surface area contributed by atoms with Crippen molar-refractivity contribution in [1.82, 2.24) is 4.90 Å². The van der Waals surface area contributed by atoms with Gasteiger partial charge in [0, 0.05) is 12.1 Å². The Morgan fingerprint density at radius 3 is 2.83 bits per heavy atom. The molecule has 1 aromatic rings. The van der Waals surface area contributed by atoms with Crippen molar-refractivity contribution in [3.8, 4) is 6.07 Å². The van der Waals surface area contributed by atoms with Crippen LogP contribution in [0.2, 0.25) is 0 Å². The van der Waals surface area contributed by atoms with E-state index in [-0.39, 0.29) is 17.9 Å². The minimum Gasteiger partial charge on any atom is -0.332 e. The number of carbonyl (C=O) groups is 1. The van der Waals surface area contributed by atoms with E-state index in [1.165, 1.54) is 16.7 Å². The van der Waals surface area contributed by atoms with Gasteiger partial charge in [0.1, 0.15) is 6.42 Å². The number of carbonyl (C=O) groups excluding carboxylic acids is 1. The van der Waals surface area contributed by atoms with E-state index in [2.05, 4.69) is 39.0 Å². The van der Waals surface area contributed by atoms with Crippen molar-refractivity contribution >= 4 is 5.91 Å². The Labute approximate surface area is 108 Å². The van der Waals surface area contributed by atoms with Gasteiger partial charge in [-0.15, -0.1) is 0 Å². The van der Waals surface area contributed by atoms with Crippen molar-refractivity contribution in [2.45, 2.75) is 45.7 Å². The Hall–Kier alpha value is -1.82. The highest BCUT2D eigenvalue weighted by Crippen LogP contribution is 2.31. The molecule has 0 radical (unpaired) electrons. The molecule has 2 rings (SSSR count). The number of aryl methyl sites for hydroxylation is 1. The molecular formula is C15H18N2O. The molecule has 1 aliphatic heterocycles. The molecule has 0 unspecified atom stereocenters. The highest BCUT2D eigenvalue weighted by atomic mass is 16.2. The quantitative estimate of drug-likeness (QED) is 0.759. The van der Waals surface area contributed by atoms with Crippen LogP contribution in [-0.4, -0.2) is 16.3 Å². The van der Waals surface area contributed by atoms with Gasteiger partial charge in [0.2, 0.25) is 5.91 Å². The molecule has 0 bridgehead atoms. The van der Waals surface area contributed by atoms with Crippen molar-refractivity contribution in [2.75, 3.05) is 0 Å². The molecular weight excluding hydrogens is 224 g/mol. The summed E-state index contributed by atoms with van der Waals surface area (Å²) < 4.78 is 0. The third-order valence-corrected chi connectivity index (χ3v) is 3.58. The number of rotatable bonds is 1. The van der Waals surface area contributed by atoms with Gasteiger partial charge in [-0.05, 0) is 38.3 Å². The van der Waals surface area contributed by atoms with E-state index < -0.39 is 0 Å². The molecule has 1 aromatic carbocycles. The maximum atomic E-state index is 12.0. The molecule has 0 atom stereocenters. The van der Waals surface area contributed by atoms with Gasteiger partial charge in [-0.1, -0.05) is 23.8 Å². The summed E-state index contributed by atoms with van der Waals surface area (Å²) >= 11 is 0. The molecule has 3 nitrogen and oxygen atoms in total. The highest BCUT2D eigenvalue weighted by molar-refractivity contribution is 5.79. The van der Waals surface area contributed by atoms with Crippen molar-refractivity contribution in [1.29, 1.82) is 5.26 Å². The molecule has 0 aliphatic carbocycles. The van der Waals surface area contributed by atoms with Crippen LogP contribution in [0.3, 0.4) is 0 Å². The third kappa shape index (κ3) is 2.24. The number of hydrogen-bond donors (Lipinski definition) is 0. The minimum absolute atomic E-state index is 0.0371. The van der Waals surface area contributed by atoms with Crippen LogP contribution in [-0.2, 0) is 17.8 Å². The second-order valence-electron chi connectivity index (χ2n) is 5.58. The number of benzene rings is 1. The third-order valence-electron chi connectivity index (χ3n) is 3.58. The van der Waals surface area contributed by atoms with Crippen LogP contribution in [0, 0.1) is 18.3 Å². The molecule has 1 amide bonds. The van der Waals surface area contributed by atoms with E-state index >= 15 is 0 Å². The summed E-state index contributed by atoms with van der Waals surface area (Å²) in [5.41, 5.74) is 3.52. The van der Waals surface area contributed by atoms with Gasteiger partial charge in [0.05, 0.1) is 6.07 Å². The second kappa shape index (κ2) is 4.45. The van der Waals surface area contributed by atoms with E-state index in [9.17, 15) is 4.79 Å². The number of amides is 1. The molecule has 0 spiro atoms. The summed E-state index contributed by atoms with van der Waals surface area (Å²) in [6.45, 7) is 6.79. The normalized spacial score (nSPS) is 16.9. The first kappa shape index (κ1) is 12.6. The predicted octanol–water partition coefficient (Wildman–Crippen LogP) is 2.57. The smallest absolute Gasteiger partial charge is 0.237 e. The van der Waals surface area contributed by atoms with Crippen molar-refractivity contribution in [3.63, 3.8) is 0 Å². The van der Waals surface area contributed by atoms with Crippen LogP contribution in [0.1, 0.15) is 37.0 Å². The first-order chi connectivity index (χ1) is 8.44.